The van der Waals surface area contributed by atoms with Gasteiger partial charge in [-0.05, 0) is 41.8 Å². The Bertz CT molecular complexity index is 1090. The van der Waals surface area contributed by atoms with Crippen LogP contribution in [-0.4, -0.2) is 47.1 Å². The number of carbonyl (C=O) groups excluding carboxylic acids is 1. The van der Waals surface area contributed by atoms with E-state index in [1.165, 1.54) is 25.5 Å². The van der Waals surface area contributed by atoms with Crippen LogP contribution in [-0.2, 0) is 27.9 Å². The highest BCUT2D eigenvalue weighted by Gasteiger charge is 2.26. The molecule has 3 aromatic rings. The van der Waals surface area contributed by atoms with E-state index in [0.29, 0.717) is 13.1 Å². The van der Waals surface area contributed by atoms with Gasteiger partial charge in [-0.15, -0.1) is 0 Å². The quantitative estimate of drug-likeness (QED) is 0.555. The second kappa shape index (κ2) is 9.60. The summed E-state index contributed by atoms with van der Waals surface area (Å²) in [5.74, 6) is -0.294. The Kier molecular flexibility index (Phi) is 6.91. The van der Waals surface area contributed by atoms with Crippen molar-refractivity contribution in [3.63, 3.8) is 0 Å². The highest BCUT2D eigenvalue weighted by Crippen LogP contribution is 2.16. The van der Waals surface area contributed by atoms with Crippen LogP contribution in [0.1, 0.15) is 16.7 Å². The zero-order valence-corrected chi connectivity index (χ0v) is 17.8. The number of rotatable bonds is 8. The van der Waals surface area contributed by atoms with Crippen molar-refractivity contribution in [1.29, 1.82) is 0 Å². The lowest BCUT2D eigenvalue weighted by Crippen LogP contribution is -2.40. The first-order valence-electron chi connectivity index (χ1n) is 9.45. The van der Waals surface area contributed by atoms with Crippen LogP contribution < -0.4 is 0 Å². The summed E-state index contributed by atoms with van der Waals surface area (Å²) in [6.07, 6.45) is 6.15. The maximum atomic E-state index is 13.1. The Morgan fingerprint density at radius 3 is 2.27 bits per heavy atom. The summed E-state index contributed by atoms with van der Waals surface area (Å²) in [4.78, 5) is 22.8. The standard InChI is InChI=1S/C22H24N4O3S/c1-18-7-3-4-9-20(18)16-26(15-19-8-5-11-23-13-19)22(27)17-25(2)30(28,29)21-10-6-12-24-14-21/h3-14H,15-17H2,1-2H3. The molecular weight excluding hydrogens is 400 g/mol. The van der Waals surface area contributed by atoms with Crippen molar-refractivity contribution >= 4 is 15.9 Å². The average molecular weight is 425 g/mol. The maximum absolute atomic E-state index is 13.1. The lowest BCUT2D eigenvalue weighted by atomic mass is 10.1. The van der Waals surface area contributed by atoms with Crippen LogP contribution in [0.4, 0.5) is 0 Å². The van der Waals surface area contributed by atoms with Crippen LogP contribution in [0.25, 0.3) is 0 Å². The van der Waals surface area contributed by atoms with Crippen molar-refractivity contribution in [2.75, 3.05) is 13.6 Å². The molecule has 0 aliphatic rings. The Labute approximate surface area is 177 Å². The number of carbonyl (C=O) groups is 1. The normalized spacial score (nSPS) is 11.4. The molecule has 0 bridgehead atoms. The summed E-state index contributed by atoms with van der Waals surface area (Å²) in [5, 5.41) is 0. The van der Waals surface area contributed by atoms with Crippen molar-refractivity contribution < 1.29 is 13.2 Å². The van der Waals surface area contributed by atoms with Gasteiger partial charge in [-0.1, -0.05) is 30.3 Å². The monoisotopic (exact) mass is 424 g/mol. The van der Waals surface area contributed by atoms with E-state index in [2.05, 4.69) is 9.97 Å². The van der Waals surface area contributed by atoms with Gasteiger partial charge in [0.15, 0.2) is 0 Å². The van der Waals surface area contributed by atoms with Gasteiger partial charge in [0.1, 0.15) is 4.90 Å². The number of likely N-dealkylation sites (N-methyl/N-ethyl adjacent to an activating group) is 1. The van der Waals surface area contributed by atoms with Crippen LogP contribution in [0.5, 0.6) is 0 Å². The topological polar surface area (TPSA) is 83.5 Å². The second-order valence-electron chi connectivity index (χ2n) is 6.99. The molecule has 0 atom stereocenters. The van der Waals surface area contributed by atoms with E-state index in [-0.39, 0.29) is 17.3 Å². The Balaban J connectivity index is 1.81. The van der Waals surface area contributed by atoms with Crippen LogP contribution >= 0.6 is 0 Å². The van der Waals surface area contributed by atoms with Crippen molar-refractivity contribution in [2.45, 2.75) is 24.9 Å². The zero-order valence-electron chi connectivity index (χ0n) is 17.0. The predicted octanol–water partition coefficient (Wildman–Crippen LogP) is 2.63. The second-order valence-corrected chi connectivity index (χ2v) is 9.03. The van der Waals surface area contributed by atoms with Gasteiger partial charge in [0.2, 0.25) is 15.9 Å². The highest BCUT2D eigenvalue weighted by molar-refractivity contribution is 7.89. The van der Waals surface area contributed by atoms with Gasteiger partial charge in [-0.3, -0.25) is 14.8 Å². The molecule has 0 saturated carbocycles. The number of amides is 1. The molecule has 0 N–H and O–H groups in total. The summed E-state index contributed by atoms with van der Waals surface area (Å²) in [7, 11) is -2.41. The molecule has 1 aromatic carbocycles. The number of nitrogens with zero attached hydrogens (tertiary/aromatic N) is 4. The average Bonchev–Trinajstić information content (AvgIpc) is 2.76. The number of pyridine rings is 2. The van der Waals surface area contributed by atoms with E-state index in [0.717, 1.165) is 21.0 Å². The van der Waals surface area contributed by atoms with Crippen LogP contribution in [0.15, 0.2) is 78.2 Å². The lowest BCUT2D eigenvalue weighted by Gasteiger charge is -2.26. The minimum Gasteiger partial charge on any atom is -0.333 e. The SMILES string of the molecule is Cc1ccccc1CN(Cc1cccnc1)C(=O)CN(C)S(=O)(=O)c1cccnc1. The third-order valence-electron chi connectivity index (χ3n) is 4.77. The molecule has 3 rings (SSSR count). The summed E-state index contributed by atoms with van der Waals surface area (Å²) in [6.45, 7) is 2.42. The van der Waals surface area contributed by atoms with Gasteiger partial charge in [-0.25, -0.2) is 8.42 Å². The predicted molar refractivity (Wildman–Crippen MR) is 114 cm³/mol. The van der Waals surface area contributed by atoms with E-state index < -0.39 is 10.0 Å². The summed E-state index contributed by atoms with van der Waals surface area (Å²) in [6, 6.07) is 14.5. The molecule has 30 heavy (non-hydrogen) atoms. The van der Waals surface area contributed by atoms with Crippen LogP contribution in [0.3, 0.4) is 0 Å². The first-order chi connectivity index (χ1) is 14.4. The number of hydrogen-bond acceptors (Lipinski definition) is 5. The molecule has 7 nitrogen and oxygen atoms in total. The first kappa shape index (κ1) is 21.6. The first-order valence-corrected chi connectivity index (χ1v) is 10.9. The minimum atomic E-state index is -3.81. The molecule has 8 heteroatoms. The highest BCUT2D eigenvalue weighted by atomic mass is 32.2. The fourth-order valence-corrected chi connectivity index (χ4v) is 4.08. The van der Waals surface area contributed by atoms with E-state index in [1.54, 1.807) is 23.4 Å². The minimum absolute atomic E-state index is 0.0537. The van der Waals surface area contributed by atoms with Gasteiger partial charge in [0.05, 0.1) is 6.54 Å². The molecule has 2 aromatic heterocycles. The lowest BCUT2D eigenvalue weighted by molar-refractivity contribution is -0.132. The third-order valence-corrected chi connectivity index (χ3v) is 6.56. The largest absolute Gasteiger partial charge is 0.333 e. The number of benzene rings is 1. The Morgan fingerprint density at radius 1 is 0.933 bits per heavy atom. The molecular formula is C22H24N4O3S. The third kappa shape index (κ3) is 5.28. The van der Waals surface area contributed by atoms with E-state index in [4.69, 9.17) is 0 Å². The van der Waals surface area contributed by atoms with Crippen LogP contribution in [0, 0.1) is 6.92 Å². The number of aryl methyl sites for hydroxylation is 1. The summed E-state index contributed by atoms with van der Waals surface area (Å²) >= 11 is 0. The fourth-order valence-electron chi connectivity index (χ4n) is 2.99. The zero-order chi connectivity index (χ0) is 21.6. The van der Waals surface area contributed by atoms with Gasteiger partial charge in [0.25, 0.3) is 0 Å². The number of aromatic nitrogens is 2. The molecule has 0 aliphatic carbocycles. The van der Waals surface area contributed by atoms with E-state index in [9.17, 15) is 13.2 Å². The fraction of sp³-hybridized carbons (Fsp3) is 0.227. The molecule has 2 heterocycles. The molecule has 1 amide bonds. The smallest absolute Gasteiger partial charge is 0.244 e. The van der Waals surface area contributed by atoms with Gasteiger partial charge >= 0.3 is 0 Å². The van der Waals surface area contributed by atoms with Crippen molar-refractivity contribution in [3.05, 3.63) is 90.0 Å². The Morgan fingerprint density at radius 2 is 1.63 bits per heavy atom. The van der Waals surface area contributed by atoms with Crippen molar-refractivity contribution in [3.8, 4) is 0 Å². The Hall–Kier alpha value is -3.10. The van der Waals surface area contributed by atoms with E-state index >= 15 is 0 Å². The molecule has 0 radical (unpaired) electrons. The maximum Gasteiger partial charge on any atom is 0.244 e. The molecule has 156 valence electrons. The molecule has 0 unspecified atom stereocenters. The van der Waals surface area contributed by atoms with Gasteiger partial charge < -0.3 is 4.90 Å². The molecule has 0 spiro atoms. The van der Waals surface area contributed by atoms with E-state index in [1.807, 2.05) is 43.3 Å². The van der Waals surface area contributed by atoms with Gasteiger partial charge in [0, 0.05) is 44.9 Å². The molecule has 0 aliphatic heterocycles. The summed E-state index contributed by atoms with van der Waals surface area (Å²) < 4.78 is 26.6. The number of hydrogen-bond donors (Lipinski definition) is 0. The molecule has 0 fully saturated rings. The van der Waals surface area contributed by atoms with Crippen molar-refractivity contribution in [2.24, 2.45) is 0 Å². The number of sulfonamides is 1. The van der Waals surface area contributed by atoms with Crippen LogP contribution in [0.2, 0.25) is 0 Å². The summed E-state index contributed by atoms with van der Waals surface area (Å²) in [5.41, 5.74) is 2.95. The van der Waals surface area contributed by atoms with Gasteiger partial charge in [-0.2, -0.15) is 4.31 Å². The van der Waals surface area contributed by atoms with Crippen molar-refractivity contribution in [1.82, 2.24) is 19.2 Å². The molecule has 0 saturated heterocycles.